The van der Waals surface area contributed by atoms with E-state index in [0.29, 0.717) is 6.54 Å². The lowest BCUT2D eigenvalue weighted by molar-refractivity contribution is 0.270. The molecule has 0 aliphatic carbocycles. The third kappa shape index (κ3) is 4.81. The van der Waals surface area contributed by atoms with Crippen LogP contribution >= 0.6 is 0 Å². The summed E-state index contributed by atoms with van der Waals surface area (Å²) in [6.07, 6.45) is 5.82. The van der Waals surface area contributed by atoms with Crippen molar-refractivity contribution in [3.05, 3.63) is 29.6 Å². The van der Waals surface area contributed by atoms with Gasteiger partial charge in [-0.2, -0.15) is 0 Å². The van der Waals surface area contributed by atoms with E-state index < -0.39 is 0 Å². The van der Waals surface area contributed by atoms with E-state index in [1.54, 1.807) is 0 Å². The van der Waals surface area contributed by atoms with Gasteiger partial charge in [0, 0.05) is 19.5 Å². The second kappa shape index (κ2) is 9.80. The van der Waals surface area contributed by atoms with Crippen molar-refractivity contribution in [3.8, 4) is 0 Å². The van der Waals surface area contributed by atoms with Crippen LogP contribution in [0.5, 0.6) is 0 Å². The van der Waals surface area contributed by atoms with Crippen molar-refractivity contribution < 1.29 is 0 Å². The highest BCUT2D eigenvalue weighted by atomic mass is 15.1. The molecule has 4 nitrogen and oxygen atoms in total. The Hall–Kier alpha value is -1.39. The van der Waals surface area contributed by atoms with Crippen molar-refractivity contribution in [2.75, 3.05) is 19.6 Å². The number of nitrogens with two attached hydrogens (primary N) is 1. The Morgan fingerprint density at radius 1 is 1.04 bits per heavy atom. The van der Waals surface area contributed by atoms with Crippen molar-refractivity contribution in [2.24, 2.45) is 5.73 Å². The summed E-state index contributed by atoms with van der Waals surface area (Å²) in [6.45, 7) is 12.0. The fraction of sp³-hybridized carbons (Fsp3) is 0.650. The van der Waals surface area contributed by atoms with Gasteiger partial charge in [-0.1, -0.05) is 26.8 Å². The molecule has 0 atom stereocenters. The van der Waals surface area contributed by atoms with Gasteiger partial charge in [0.2, 0.25) is 0 Å². The normalized spacial score (nSPS) is 11.7. The second-order valence-electron chi connectivity index (χ2n) is 6.65. The number of fused-ring (bicyclic) bond motifs is 1. The van der Waals surface area contributed by atoms with Gasteiger partial charge in [0.25, 0.3) is 0 Å². The summed E-state index contributed by atoms with van der Waals surface area (Å²) >= 11 is 0. The predicted octanol–water partition coefficient (Wildman–Crippen LogP) is 3.96. The smallest absolute Gasteiger partial charge is 0.109 e. The second-order valence-corrected chi connectivity index (χ2v) is 6.65. The Morgan fingerprint density at radius 2 is 1.79 bits per heavy atom. The van der Waals surface area contributed by atoms with Crippen molar-refractivity contribution in [1.29, 1.82) is 0 Å². The van der Waals surface area contributed by atoms with Gasteiger partial charge in [-0.25, -0.2) is 4.98 Å². The maximum absolute atomic E-state index is 5.81. The summed E-state index contributed by atoms with van der Waals surface area (Å²) < 4.78 is 2.40. The van der Waals surface area contributed by atoms with Crippen LogP contribution in [0.15, 0.2) is 18.2 Å². The van der Waals surface area contributed by atoms with Crippen molar-refractivity contribution in [2.45, 2.75) is 66.0 Å². The summed E-state index contributed by atoms with van der Waals surface area (Å²) in [7, 11) is 0. The lowest BCUT2D eigenvalue weighted by atomic mass is 10.2. The molecule has 2 rings (SSSR count). The van der Waals surface area contributed by atoms with Crippen LogP contribution in [-0.2, 0) is 19.5 Å². The number of hydrogen-bond donors (Lipinski definition) is 1. The molecule has 0 aliphatic heterocycles. The fourth-order valence-electron chi connectivity index (χ4n) is 3.44. The number of aryl methyl sites for hydroxylation is 2. The number of rotatable bonds is 11. The van der Waals surface area contributed by atoms with Gasteiger partial charge >= 0.3 is 0 Å². The van der Waals surface area contributed by atoms with Gasteiger partial charge in [0.1, 0.15) is 5.82 Å². The number of nitrogens with zero attached hydrogens (tertiary/aromatic N) is 3. The highest BCUT2D eigenvalue weighted by molar-refractivity contribution is 5.77. The first kappa shape index (κ1) is 18.9. The van der Waals surface area contributed by atoms with Crippen LogP contribution < -0.4 is 5.73 Å². The largest absolute Gasteiger partial charge is 0.328 e. The molecular weight excluding hydrogens is 296 g/mol. The fourth-order valence-corrected chi connectivity index (χ4v) is 3.44. The van der Waals surface area contributed by atoms with Gasteiger partial charge in [0.05, 0.1) is 11.0 Å². The lowest BCUT2D eigenvalue weighted by Crippen LogP contribution is -2.27. The minimum absolute atomic E-state index is 0.589. The molecule has 1 aromatic heterocycles. The van der Waals surface area contributed by atoms with Gasteiger partial charge in [0.15, 0.2) is 0 Å². The highest BCUT2D eigenvalue weighted by Crippen LogP contribution is 2.20. The molecule has 24 heavy (non-hydrogen) atoms. The molecule has 0 aliphatic rings. The molecule has 1 aromatic carbocycles. The van der Waals surface area contributed by atoms with Crippen LogP contribution in [0.1, 0.15) is 57.8 Å². The zero-order valence-electron chi connectivity index (χ0n) is 15.7. The van der Waals surface area contributed by atoms with Crippen LogP contribution in [0.2, 0.25) is 0 Å². The Labute approximate surface area is 147 Å². The van der Waals surface area contributed by atoms with Gasteiger partial charge in [-0.15, -0.1) is 0 Å². The molecule has 0 unspecified atom stereocenters. The summed E-state index contributed by atoms with van der Waals surface area (Å²) in [5.74, 6) is 1.23. The minimum Gasteiger partial charge on any atom is -0.328 e. The van der Waals surface area contributed by atoms with Crippen LogP contribution in [0.4, 0.5) is 0 Å². The molecule has 0 spiro atoms. The molecule has 0 fully saturated rings. The first-order valence-corrected chi connectivity index (χ1v) is 9.63. The SMILES string of the molecule is CCCN(CCC)CCCc1nc2ccc(CN)cc2n1CCC. The van der Waals surface area contributed by atoms with Crippen molar-refractivity contribution in [3.63, 3.8) is 0 Å². The predicted molar refractivity (Wildman–Crippen MR) is 103 cm³/mol. The third-order valence-electron chi connectivity index (χ3n) is 4.53. The standard InChI is InChI=1S/C20H34N4/c1-4-11-23(12-5-2)14-7-8-20-22-18-10-9-17(16-21)15-19(18)24(20)13-6-3/h9-10,15H,4-8,11-14,16,21H2,1-3H3. The number of benzene rings is 1. The molecule has 2 N–H and O–H groups in total. The zero-order valence-corrected chi connectivity index (χ0v) is 15.7. The molecule has 0 radical (unpaired) electrons. The van der Waals surface area contributed by atoms with E-state index in [-0.39, 0.29) is 0 Å². The van der Waals surface area contributed by atoms with Crippen LogP contribution in [0, 0.1) is 0 Å². The summed E-state index contributed by atoms with van der Waals surface area (Å²) in [5.41, 5.74) is 9.34. The Balaban J connectivity index is 2.11. The average molecular weight is 331 g/mol. The number of aromatic nitrogens is 2. The zero-order chi connectivity index (χ0) is 17.4. The van der Waals surface area contributed by atoms with E-state index in [0.717, 1.165) is 24.9 Å². The van der Waals surface area contributed by atoms with Crippen LogP contribution in [0.25, 0.3) is 11.0 Å². The van der Waals surface area contributed by atoms with E-state index in [1.165, 1.54) is 55.8 Å². The van der Waals surface area contributed by atoms with E-state index in [4.69, 9.17) is 10.7 Å². The molecule has 2 aromatic rings. The Kier molecular flexibility index (Phi) is 7.73. The van der Waals surface area contributed by atoms with Crippen molar-refractivity contribution >= 4 is 11.0 Å². The molecule has 0 amide bonds. The lowest BCUT2D eigenvalue weighted by Gasteiger charge is -2.20. The first-order chi connectivity index (χ1) is 11.7. The minimum atomic E-state index is 0.589. The Morgan fingerprint density at radius 3 is 2.42 bits per heavy atom. The molecule has 134 valence electrons. The number of hydrogen-bond acceptors (Lipinski definition) is 3. The Bertz CT molecular complexity index is 611. The monoisotopic (exact) mass is 330 g/mol. The molecule has 1 heterocycles. The van der Waals surface area contributed by atoms with E-state index in [9.17, 15) is 0 Å². The van der Waals surface area contributed by atoms with Gasteiger partial charge in [-0.05, 0) is 63.0 Å². The summed E-state index contributed by atoms with van der Waals surface area (Å²) in [5, 5.41) is 0. The molecule has 0 saturated carbocycles. The first-order valence-electron chi connectivity index (χ1n) is 9.63. The number of imidazole rings is 1. The van der Waals surface area contributed by atoms with Gasteiger partial charge in [-0.3, -0.25) is 0 Å². The maximum atomic E-state index is 5.81. The molecule has 0 bridgehead atoms. The van der Waals surface area contributed by atoms with E-state index >= 15 is 0 Å². The van der Waals surface area contributed by atoms with Crippen LogP contribution in [-0.4, -0.2) is 34.1 Å². The van der Waals surface area contributed by atoms with Gasteiger partial charge < -0.3 is 15.2 Å². The summed E-state index contributed by atoms with van der Waals surface area (Å²) in [6, 6.07) is 6.43. The van der Waals surface area contributed by atoms with Crippen molar-refractivity contribution in [1.82, 2.24) is 14.5 Å². The molecular formula is C20H34N4. The molecule has 4 heteroatoms. The quantitative estimate of drug-likeness (QED) is 0.678. The van der Waals surface area contributed by atoms with E-state index in [1.807, 2.05) is 0 Å². The third-order valence-corrected chi connectivity index (χ3v) is 4.53. The van der Waals surface area contributed by atoms with E-state index in [2.05, 4.69) is 48.4 Å². The van der Waals surface area contributed by atoms with Crippen LogP contribution in [0.3, 0.4) is 0 Å². The average Bonchev–Trinajstić information content (AvgIpc) is 2.92. The summed E-state index contributed by atoms with van der Waals surface area (Å²) in [4.78, 5) is 7.48. The highest BCUT2D eigenvalue weighted by Gasteiger charge is 2.11. The molecule has 0 saturated heterocycles. The maximum Gasteiger partial charge on any atom is 0.109 e. The topological polar surface area (TPSA) is 47.1 Å².